The summed E-state index contributed by atoms with van der Waals surface area (Å²) in [6, 6.07) is 7.86. The highest BCUT2D eigenvalue weighted by molar-refractivity contribution is 6.01. The Hall–Kier alpha value is -2.34. The van der Waals surface area contributed by atoms with E-state index in [0.29, 0.717) is 42.1 Å². The van der Waals surface area contributed by atoms with Crippen molar-refractivity contribution in [3.63, 3.8) is 0 Å². The number of anilines is 3. The average Bonchev–Trinajstić information content (AvgIpc) is 3.06. The highest BCUT2D eigenvalue weighted by Gasteiger charge is 3.11. The Bertz CT molecular complexity index is 942. The molecule has 6 aliphatic carbocycles. The molecular formula is C20H20N4O2. The Morgan fingerprint density at radius 2 is 1.85 bits per heavy atom. The molecule has 1 amide bonds. The van der Waals surface area contributed by atoms with Crippen molar-refractivity contribution in [1.29, 1.82) is 0 Å². The van der Waals surface area contributed by atoms with Crippen molar-refractivity contribution in [1.82, 2.24) is 9.78 Å². The maximum Gasteiger partial charge on any atom is 0.231 e. The fourth-order valence-corrected chi connectivity index (χ4v) is 8.09. The molecule has 6 nitrogen and oxygen atoms in total. The predicted octanol–water partition coefficient (Wildman–Crippen LogP) is 1.83. The SMILES string of the molecule is Cn1cc(Nc2cccc(NC(=O)C34C5C6C3C3C4C5C63CO)c2)cn1. The van der Waals surface area contributed by atoms with Gasteiger partial charge in [-0.25, -0.2) is 0 Å². The largest absolute Gasteiger partial charge is 0.396 e. The van der Waals surface area contributed by atoms with E-state index < -0.39 is 0 Å². The molecule has 2 aromatic rings. The first-order valence-electron chi connectivity index (χ1n) is 9.42. The lowest BCUT2D eigenvalue weighted by Gasteiger charge is -3.10. The highest BCUT2D eigenvalue weighted by Crippen LogP contribution is 3.10. The summed E-state index contributed by atoms with van der Waals surface area (Å²) in [6.45, 7) is 0.344. The molecule has 0 unspecified atom stereocenters. The van der Waals surface area contributed by atoms with Crippen LogP contribution in [-0.2, 0) is 11.8 Å². The first kappa shape index (κ1) is 13.8. The van der Waals surface area contributed by atoms with Crippen molar-refractivity contribution in [2.75, 3.05) is 17.2 Å². The summed E-state index contributed by atoms with van der Waals surface area (Å²) >= 11 is 0. The van der Waals surface area contributed by atoms with Crippen molar-refractivity contribution < 1.29 is 9.90 Å². The number of nitrogens with zero attached hydrogens (tertiary/aromatic N) is 2. The molecular weight excluding hydrogens is 328 g/mol. The summed E-state index contributed by atoms with van der Waals surface area (Å²) in [5, 5.41) is 20.4. The summed E-state index contributed by atoms with van der Waals surface area (Å²) < 4.78 is 1.75. The van der Waals surface area contributed by atoms with Gasteiger partial charge in [0.2, 0.25) is 5.91 Å². The van der Waals surface area contributed by atoms with Crippen molar-refractivity contribution in [3.8, 4) is 0 Å². The normalized spacial score (nSPS) is 46.7. The van der Waals surface area contributed by atoms with Crippen LogP contribution in [0.15, 0.2) is 36.7 Å². The zero-order valence-electron chi connectivity index (χ0n) is 14.4. The minimum Gasteiger partial charge on any atom is -0.396 e. The molecule has 6 saturated carbocycles. The van der Waals surface area contributed by atoms with Crippen LogP contribution in [0.3, 0.4) is 0 Å². The van der Waals surface area contributed by atoms with Crippen LogP contribution in [0.1, 0.15) is 0 Å². The molecule has 6 fully saturated rings. The van der Waals surface area contributed by atoms with Crippen LogP contribution in [0.2, 0.25) is 0 Å². The molecule has 6 heteroatoms. The second kappa shape index (κ2) is 3.83. The third-order valence-electron chi connectivity index (χ3n) is 8.62. The number of amides is 1. The van der Waals surface area contributed by atoms with E-state index in [1.54, 1.807) is 10.9 Å². The van der Waals surface area contributed by atoms with Crippen LogP contribution in [0.5, 0.6) is 0 Å². The Labute approximate surface area is 150 Å². The van der Waals surface area contributed by atoms with Gasteiger partial charge in [0.25, 0.3) is 0 Å². The van der Waals surface area contributed by atoms with Crippen LogP contribution in [0, 0.1) is 46.3 Å². The Morgan fingerprint density at radius 3 is 2.46 bits per heavy atom. The molecule has 6 aliphatic rings. The zero-order valence-corrected chi connectivity index (χ0v) is 14.4. The first-order chi connectivity index (χ1) is 12.6. The minimum absolute atomic E-state index is 0.0797. The van der Waals surface area contributed by atoms with Gasteiger partial charge in [-0.1, -0.05) is 6.07 Å². The van der Waals surface area contributed by atoms with E-state index in [-0.39, 0.29) is 16.7 Å². The van der Waals surface area contributed by atoms with Gasteiger partial charge in [0.15, 0.2) is 0 Å². The van der Waals surface area contributed by atoms with Crippen molar-refractivity contribution in [3.05, 3.63) is 36.7 Å². The first-order valence-corrected chi connectivity index (χ1v) is 9.42. The molecule has 132 valence electrons. The summed E-state index contributed by atoms with van der Waals surface area (Å²) in [5.41, 5.74) is 2.88. The topological polar surface area (TPSA) is 79.2 Å². The molecule has 0 aliphatic heterocycles. The average molecular weight is 348 g/mol. The van der Waals surface area contributed by atoms with Crippen molar-refractivity contribution in [2.45, 2.75) is 0 Å². The minimum atomic E-state index is -0.0797. The molecule has 26 heavy (non-hydrogen) atoms. The van der Waals surface area contributed by atoms with Gasteiger partial charge in [0, 0.05) is 36.6 Å². The molecule has 3 N–H and O–H groups in total. The number of aromatic nitrogens is 2. The second-order valence-electron chi connectivity index (χ2n) is 8.92. The predicted molar refractivity (Wildman–Crippen MR) is 94.5 cm³/mol. The van der Waals surface area contributed by atoms with Gasteiger partial charge in [-0.05, 0) is 53.7 Å². The standard InChI is InChI=1S/C20H20N4O2/c1-24-7-11(6-21-24)22-9-3-2-4-10(5-9)23-18(26)20-15-12-16(20)14-17(20)13(15)19(12,14)8-25/h2-7,12-17,22,25H,8H2,1H3,(H,23,26). The van der Waals surface area contributed by atoms with Gasteiger partial charge in [-0.3, -0.25) is 9.48 Å². The lowest BCUT2D eigenvalue weighted by atomic mass is 8.92. The fraction of sp³-hybridized carbons (Fsp3) is 0.500. The number of carbonyl (C=O) groups is 1. The highest BCUT2D eigenvalue weighted by atomic mass is 16.3. The maximum atomic E-state index is 13.1. The number of aliphatic hydroxyl groups is 1. The van der Waals surface area contributed by atoms with Gasteiger partial charge < -0.3 is 15.7 Å². The van der Waals surface area contributed by atoms with E-state index in [9.17, 15) is 9.90 Å². The monoisotopic (exact) mass is 348 g/mol. The van der Waals surface area contributed by atoms with Crippen LogP contribution < -0.4 is 10.6 Å². The fourth-order valence-electron chi connectivity index (χ4n) is 8.09. The molecule has 0 bridgehead atoms. The molecule has 0 atom stereocenters. The molecule has 0 spiro atoms. The van der Waals surface area contributed by atoms with E-state index in [1.807, 2.05) is 37.5 Å². The summed E-state index contributed by atoms with van der Waals surface area (Å²) in [4.78, 5) is 13.1. The van der Waals surface area contributed by atoms with E-state index in [1.165, 1.54) is 0 Å². The number of hydrogen-bond acceptors (Lipinski definition) is 4. The maximum absolute atomic E-state index is 13.1. The quantitative estimate of drug-likeness (QED) is 0.770. The second-order valence-corrected chi connectivity index (χ2v) is 8.92. The third kappa shape index (κ3) is 1.05. The molecule has 1 aromatic heterocycles. The number of rotatable bonds is 5. The third-order valence-corrected chi connectivity index (χ3v) is 8.62. The lowest BCUT2D eigenvalue weighted by Crippen LogP contribution is -3.11. The molecule has 0 radical (unpaired) electrons. The number of carbonyl (C=O) groups excluding carboxylic acids is 1. The van der Waals surface area contributed by atoms with E-state index in [2.05, 4.69) is 15.7 Å². The Balaban J connectivity index is 1.10. The Morgan fingerprint density at radius 1 is 1.15 bits per heavy atom. The van der Waals surface area contributed by atoms with Crippen LogP contribution >= 0.6 is 0 Å². The number of benzene rings is 1. The molecule has 1 heterocycles. The lowest BCUT2D eigenvalue weighted by molar-refractivity contribution is -0.643. The van der Waals surface area contributed by atoms with Crippen molar-refractivity contribution >= 4 is 23.0 Å². The molecule has 1 aromatic carbocycles. The van der Waals surface area contributed by atoms with Gasteiger partial charge in [0.05, 0.1) is 17.3 Å². The van der Waals surface area contributed by atoms with Crippen molar-refractivity contribution in [2.24, 2.45) is 53.4 Å². The van der Waals surface area contributed by atoms with Crippen LogP contribution in [0.25, 0.3) is 0 Å². The number of nitrogens with one attached hydrogen (secondary N) is 2. The summed E-state index contributed by atoms with van der Waals surface area (Å²) in [6.07, 6.45) is 3.69. The molecule has 0 saturated heterocycles. The summed E-state index contributed by atoms with van der Waals surface area (Å²) in [5.74, 6) is 3.85. The molecule has 8 rings (SSSR count). The van der Waals surface area contributed by atoms with E-state index >= 15 is 0 Å². The Kier molecular flexibility index (Phi) is 2.04. The van der Waals surface area contributed by atoms with Crippen LogP contribution in [-0.4, -0.2) is 27.4 Å². The van der Waals surface area contributed by atoms with Crippen LogP contribution in [0.4, 0.5) is 17.1 Å². The smallest absolute Gasteiger partial charge is 0.231 e. The zero-order chi connectivity index (χ0) is 17.4. The van der Waals surface area contributed by atoms with E-state index in [4.69, 9.17) is 0 Å². The van der Waals surface area contributed by atoms with Gasteiger partial charge >= 0.3 is 0 Å². The van der Waals surface area contributed by atoms with Gasteiger partial charge in [0.1, 0.15) is 0 Å². The number of aryl methyl sites for hydroxylation is 1. The van der Waals surface area contributed by atoms with Gasteiger partial charge in [-0.15, -0.1) is 0 Å². The van der Waals surface area contributed by atoms with E-state index in [0.717, 1.165) is 17.1 Å². The number of aliphatic hydroxyl groups excluding tert-OH is 1. The summed E-state index contributed by atoms with van der Waals surface area (Å²) in [7, 11) is 1.88. The number of hydrogen-bond donors (Lipinski definition) is 3. The van der Waals surface area contributed by atoms with Gasteiger partial charge in [-0.2, -0.15) is 5.10 Å².